The zero-order valence-electron chi connectivity index (χ0n) is 9.54. The highest BCUT2D eigenvalue weighted by Gasteiger charge is 2.16. The lowest BCUT2D eigenvalue weighted by atomic mass is 10.1. The number of benzene rings is 1. The van der Waals surface area contributed by atoms with Gasteiger partial charge in [0, 0.05) is 14.2 Å². The largest absolute Gasteiger partial charge is 0.497 e. The summed E-state index contributed by atoms with van der Waals surface area (Å²) in [5, 5.41) is -0.117. The van der Waals surface area contributed by atoms with Crippen molar-refractivity contribution in [2.75, 3.05) is 7.11 Å². The Hall–Kier alpha value is -0.510. The molecule has 1 heterocycles. The molecule has 0 aliphatic carbocycles. The lowest BCUT2D eigenvalue weighted by Gasteiger charge is -2.09. The predicted octanol–water partition coefficient (Wildman–Crippen LogP) is 5.16. The van der Waals surface area contributed by atoms with Crippen LogP contribution in [0.15, 0.2) is 34.8 Å². The normalized spacial score (nSPS) is 12.5. The molecular weight excluding hydrogens is 320 g/mol. The summed E-state index contributed by atoms with van der Waals surface area (Å²) in [5.74, 6) is 0.846. The first-order valence-corrected chi connectivity index (χ1v) is 7.20. The minimum absolute atomic E-state index is 0.117. The molecule has 1 aromatic heterocycles. The number of thiophene rings is 1. The molecule has 0 N–H and O–H groups in total. The quantitative estimate of drug-likeness (QED) is 0.706. The van der Waals surface area contributed by atoms with Gasteiger partial charge in [-0.2, -0.15) is 0 Å². The second-order valence-electron chi connectivity index (χ2n) is 3.70. The number of aryl methyl sites for hydroxylation is 1. The van der Waals surface area contributed by atoms with Gasteiger partial charge in [-0.25, -0.2) is 0 Å². The molecule has 0 radical (unpaired) electrons. The number of methoxy groups -OCH3 is 1. The topological polar surface area (TPSA) is 9.23 Å². The summed E-state index contributed by atoms with van der Waals surface area (Å²) in [6.45, 7) is 2.08. The number of hydrogen-bond donors (Lipinski definition) is 0. The van der Waals surface area contributed by atoms with E-state index in [1.54, 1.807) is 18.4 Å². The highest BCUT2D eigenvalue weighted by molar-refractivity contribution is 9.10. The van der Waals surface area contributed by atoms with Gasteiger partial charge < -0.3 is 4.74 Å². The first kappa shape index (κ1) is 12.9. The summed E-state index contributed by atoms with van der Waals surface area (Å²) >= 11 is 11.7. The van der Waals surface area contributed by atoms with E-state index < -0.39 is 0 Å². The third kappa shape index (κ3) is 2.84. The number of hydrogen-bond acceptors (Lipinski definition) is 2. The van der Waals surface area contributed by atoms with E-state index in [4.69, 9.17) is 16.3 Å². The SMILES string of the molecule is COc1ccc(C(Cl)c2sc(C)cc2Br)cc1. The third-order valence-electron chi connectivity index (χ3n) is 2.47. The van der Waals surface area contributed by atoms with Gasteiger partial charge in [-0.1, -0.05) is 12.1 Å². The summed E-state index contributed by atoms with van der Waals surface area (Å²) in [6.07, 6.45) is 0. The lowest BCUT2D eigenvalue weighted by molar-refractivity contribution is 0.414. The fourth-order valence-corrected chi connectivity index (χ4v) is 4.01. The van der Waals surface area contributed by atoms with Crippen LogP contribution in [0, 0.1) is 6.92 Å². The second-order valence-corrected chi connectivity index (χ2v) is 6.28. The Morgan fingerprint density at radius 1 is 1.29 bits per heavy atom. The smallest absolute Gasteiger partial charge is 0.118 e. The van der Waals surface area contributed by atoms with Crippen molar-refractivity contribution in [3.63, 3.8) is 0 Å². The van der Waals surface area contributed by atoms with Crippen LogP contribution in [0.1, 0.15) is 20.7 Å². The molecular formula is C13H12BrClOS. The van der Waals surface area contributed by atoms with Crippen LogP contribution in [0.5, 0.6) is 5.75 Å². The van der Waals surface area contributed by atoms with Crippen molar-refractivity contribution in [3.8, 4) is 5.75 Å². The highest BCUT2D eigenvalue weighted by Crippen LogP contribution is 2.39. The summed E-state index contributed by atoms with van der Waals surface area (Å²) in [4.78, 5) is 2.40. The Balaban J connectivity index is 2.30. The van der Waals surface area contributed by atoms with Crippen molar-refractivity contribution in [1.82, 2.24) is 0 Å². The van der Waals surface area contributed by atoms with Gasteiger partial charge in [0.15, 0.2) is 0 Å². The second kappa shape index (κ2) is 5.42. The van der Waals surface area contributed by atoms with Gasteiger partial charge in [-0.15, -0.1) is 22.9 Å². The first-order chi connectivity index (χ1) is 8.11. The Bertz CT molecular complexity index is 507. The van der Waals surface area contributed by atoms with Crippen LogP contribution in [-0.4, -0.2) is 7.11 Å². The van der Waals surface area contributed by atoms with Crippen LogP contribution in [0.3, 0.4) is 0 Å². The van der Waals surface area contributed by atoms with Gasteiger partial charge >= 0.3 is 0 Å². The molecule has 0 aliphatic heterocycles. The van der Waals surface area contributed by atoms with Gasteiger partial charge in [0.25, 0.3) is 0 Å². The molecule has 1 nitrogen and oxygen atoms in total. The number of ether oxygens (including phenoxy) is 1. The van der Waals surface area contributed by atoms with Crippen LogP contribution in [0.4, 0.5) is 0 Å². The molecule has 1 aromatic carbocycles. The summed E-state index contributed by atoms with van der Waals surface area (Å²) in [5.41, 5.74) is 1.08. The van der Waals surface area contributed by atoms with Crippen LogP contribution in [-0.2, 0) is 0 Å². The Labute approximate surface area is 119 Å². The number of alkyl halides is 1. The predicted molar refractivity (Wildman–Crippen MR) is 77.4 cm³/mol. The molecule has 0 saturated carbocycles. The monoisotopic (exact) mass is 330 g/mol. The zero-order chi connectivity index (χ0) is 12.4. The minimum Gasteiger partial charge on any atom is -0.497 e. The molecule has 4 heteroatoms. The standard InChI is InChI=1S/C13H12BrClOS/c1-8-7-11(14)13(17-8)12(15)9-3-5-10(16-2)6-4-9/h3-7,12H,1-2H3. The maximum absolute atomic E-state index is 6.49. The molecule has 90 valence electrons. The molecule has 2 aromatic rings. The lowest BCUT2D eigenvalue weighted by Crippen LogP contribution is -1.91. The summed E-state index contributed by atoms with van der Waals surface area (Å²) < 4.78 is 6.21. The number of halogens is 2. The molecule has 1 atom stereocenters. The molecule has 0 aliphatic rings. The fraction of sp³-hybridized carbons (Fsp3) is 0.231. The van der Waals surface area contributed by atoms with Crippen molar-refractivity contribution >= 4 is 38.9 Å². The van der Waals surface area contributed by atoms with Gasteiger partial charge in [0.2, 0.25) is 0 Å². The third-order valence-corrected chi connectivity index (χ3v) is 5.11. The van der Waals surface area contributed by atoms with Crippen LogP contribution < -0.4 is 4.74 Å². The van der Waals surface area contributed by atoms with Gasteiger partial charge in [-0.3, -0.25) is 0 Å². The molecule has 0 bridgehead atoms. The van der Waals surface area contributed by atoms with Gasteiger partial charge in [0.05, 0.1) is 12.5 Å². The van der Waals surface area contributed by atoms with E-state index in [1.807, 2.05) is 24.3 Å². The minimum atomic E-state index is -0.117. The molecule has 2 rings (SSSR count). The Morgan fingerprint density at radius 3 is 2.41 bits per heavy atom. The van der Waals surface area contributed by atoms with Gasteiger partial charge in [0.1, 0.15) is 5.75 Å². The van der Waals surface area contributed by atoms with Crippen LogP contribution in [0.25, 0.3) is 0 Å². The Kier molecular flexibility index (Phi) is 4.13. The molecule has 17 heavy (non-hydrogen) atoms. The van der Waals surface area contributed by atoms with Crippen molar-refractivity contribution in [2.45, 2.75) is 12.3 Å². The average Bonchev–Trinajstić information content (AvgIpc) is 2.68. The van der Waals surface area contributed by atoms with E-state index in [-0.39, 0.29) is 5.38 Å². The van der Waals surface area contributed by atoms with Crippen LogP contribution >= 0.6 is 38.9 Å². The van der Waals surface area contributed by atoms with E-state index in [9.17, 15) is 0 Å². The maximum atomic E-state index is 6.49. The van der Waals surface area contributed by atoms with E-state index >= 15 is 0 Å². The van der Waals surface area contributed by atoms with Crippen molar-refractivity contribution in [2.24, 2.45) is 0 Å². The van der Waals surface area contributed by atoms with Gasteiger partial charge in [-0.05, 0) is 46.6 Å². The first-order valence-electron chi connectivity index (χ1n) is 5.15. The Morgan fingerprint density at radius 2 is 1.94 bits per heavy atom. The fourth-order valence-electron chi connectivity index (χ4n) is 1.60. The van der Waals surface area contributed by atoms with E-state index in [2.05, 4.69) is 28.9 Å². The average molecular weight is 332 g/mol. The van der Waals surface area contributed by atoms with E-state index in [1.165, 1.54) is 4.88 Å². The van der Waals surface area contributed by atoms with Crippen molar-refractivity contribution < 1.29 is 4.74 Å². The highest BCUT2D eigenvalue weighted by atomic mass is 79.9. The number of rotatable bonds is 3. The molecule has 0 saturated heterocycles. The molecule has 0 fully saturated rings. The molecule has 0 spiro atoms. The van der Waals surface area contributed by atoms with E-state index in [0.717, 1.165) is 20.7 Å². The maximum Gasteiger partial charge on any atom is 0.118 e. The summed E-state index contributed by atoms with van der Waals surface area (Å²) in [7, 11) is 1.66. The van der Waals surface area contributed by atoms with Crippen LogP contribution in [0.2, 0.25) is 0 Å². The molecule has 1 unspecified atom stereocenters. The van der Waals surface area contributed by atoms with E-state index in [0.29, 0.717) is 0 Å². The van der Waals surface area contributed by atoms with Crippen molar-refractivity contribution in [1.29, 1.82) is 0 Å². The zero-order valence-corrected chi connectivity index (χ0v) is 12.7. The molecule has 0 amide bonds. The van der Waals surface area contributed by atoms with Crippen molar-refractivity contribution in [3.05, 3.63) is 50.1 Å². The summed E-state index contributed by atoms with van der Waals surface area (Å²) in [6, 6.07) is 9.95.